The molecule has 4 aromatic rings. The van der Waals surface area contributed by atoms with Gasteiger partial charge < -0.3 is 19.1 Å². The van der Waals surface area contributed by atoms with Crippen molar-refractivity contribution in [1.82, 2.24) is 24.5 Å². The lowest BCUT2D eigenvalue weighted by Crippen LogP contribution is -2.34. The normalized spacial score (nSPS) is 11.4. The Hall–Kier alpha value is -4.18. The van der Waals surface area contributed by atoms with Crippen LogP contribution in [0.4, 0.5) is 0 Å². The number of rotatable bonds is 11. The number of benzene rings is 2. The Morgan fingerprint density at radius 1 is 0.972 bits per heavy atom. The minimum absolute atomic E-state index is 0.127. The average Bonchev–Trinajstić information content (AvgIpc) is 3.34. The first-order valence-corrected chi connectivity index (χ1v) is 11.6. The number of unbranched alkanes of at least 4 members (excludes halogenated alkanes) is 1. The zero-order valence-corrected chi connectivity index (χ0v) is 20.3. The number of nitrogens with one attached hydrogen (secondary N) is 1. The molecule has 2 heterocycles. The number of aliphatic hydroxyl groups is 1. The molecule has 36 heavy (non-hydrogen) atoms. The fourth-order valence-corrected chi connectivity index (χ4v) is 4.14. The van der Waals surface area contributed by atoms with E-state index in [0.717, 1.165) is 12.1 Å². The molecule has 0 radical (unpaired) electrons. The van der Waals surface area contributed by atoms with E-state index in [4.69, 9.17) is 9.47 Å². The van der Waals surface area contributed by atoms with E-state index in [1.807, 2.05) is 36.4 Å². The summed E-state index contributed by atoms with van der Waals surface area (Å²) in [6, 6.07) is 15.9. The Balaban J connectivity index is 1.55. The number of ether oxygens (including phenoxy) is 2. The number of hydrogen-bond acceptors (Lipinski definition) is 7. The van der Waals surface area contributed by atoms with Crippen LogP contribution in [0, 0.1) is 0 Å². The number of methoxy groups -OCH3 is 2. The van der Waals surface area contributed by atoms with E-state index in [1.165, 1.54) is 16.8 Å². The Kier molecular flexibility index (Phi) is 7.65. The Bertz CT molecular complexity index is 1380. The van der Waals surface area contributed by atoms with Crippen LogP contribution in [0.3, 0.4) is 0 Å². The molecule has 10 nitrogen and oxygen atoms in total. The summed E-state index contributed by atoms with van der Waals surface area (Å²) in [6.07, 6.45) is 5.30. The summed E-state index contributed by atoms with van der Waals surface area (Å²) >= 11 is 0. The van der Waals surface area contributed by atoms with Crippen molar-refractivity contribution in [3.8, 4) is 11.5 Å². The summed E-state index contributed by atoms with van der Waals surface area (Å²) in [5.41, 5.74) is -0.118. The largest absolute Gasteiger partial charge is 0.497 e. The van der Waals surface area contributed by atoms with Crippen molar-refractivity contribution in [3.63, 3.8) is 0 Å². The summed E-state index contributed by atoms with van der Waals surface area (Å²) in [7, 11) is 3.17. The van der Waals surface area contributed by atoms with Crippen LogP contribution in [0.15, 0.2) is 76.6 Å². The second-order valence-electron chi connectivity index (χ2n) is 8.47. The van der Waals surface area contributed by atoms with Crippen molar-refractivity contribution < 1.29 is 14.6 Å². The number of aromatic amines is 1. The van der Waals surface area contributed by atoms with Gasteiger partial charge in [-0.05, 0) is 54.7 Å². The summed E-state index contributed by atoms with van der Waals surface area (Å²) in [5, 5.41) is 20.4. The summed E-state index contributed by atoms with van der Waals surface area (Å²) in [6.45, 7) is 0.608. The second-order valence-corrected chi connectivity index (χ2v) is 8.47. The smallest absolute Gasteiger partial charge is 0.328 e. The molecule has 188 valence electrons. The van der Waals surface area contributed by atoms with Crippen LogP contribution >= 0.6 is 0 Å². The summed E-state index contributed by atoms with van der Waals surface area (Å²) < 4.78 is 14.0. The first kappa shape index (κ1) is 24.9. The summed E-state index contributed by atoms with van der Waals surface area (Å²) in [5.74, 6) is 1.26. The van der Waals surface area contributed by atoms with E-state index in [1.54, 1.807) is 37.2 Å². The van der Waals surface area contributed by atoms with E-state index >= 15 is 0 Å². The molecule has 0 fully saturated rings. The van der Waals surface area contributed by atoms with Crippen LogP contribution in [-0.4, -0.2) is 43.9 Å². The predicted octanol–water partition coefficient (Wildman–Crippen LogP) is 2.10. The lowest BCUT2D eigenvalue weighted by molar-refractivity contribution is 0.0553. The minimum Gasteiger partial charge on any atom is -0.497 e. The van der Waals surface area contributed by atoms with Gasteiger partial charge in [-0.25, -0.2) is 9.48 Å². The van der Waals surface area contributed by atoms with Crippen molar-refractivity contribution in [1.29, 1.82) is 0 Å². The van der Waals surface area contributed by atoms with Crippen molar-refractivity contribution in [3.05, 3.63) is 105 Å². The maximum absolute atomic E-state index is 12.1. The molecule has 0 atom stereocenters. The number of nitrogens with zero attached hydrogens (tertiary/aromatic N) is 4. The highest BCUT2D eigenvalue weighted by Gasteiger charge is 2.34. The molecule has 2 N–H and O–H groups in total. The lowest BCUT2D eigenvalue weighted by atomic mass is 9.86. The molecule has 0 spiro atoms. The lowest BCUT2D eigenvalue weighted by Gasteiger charge is -2.30. The topological polar surface area (TPSA) is 124 Å². The molecule has 0 saturated heterocycles. The zero-order chi connectivity index (χ0) is 25.5. The predicted molar refractivity (Wildman–Crippen MR) is 133 cm³/mol. The van der Waals surface area contributed by atoms with E-state index < -0.39 is 16.9 Å². The van der Waals surface area contributed by atoms with Gasteiger partial charge in [0, 0.05) is 18.8 Å². The highest BCUT2D eigenvalue weighted by molar-refractivity contribution is 5.42. The van der Waals surface area contributed by atoms with Gasteiger partial charge in [-0.3, -0.25) is 9.78 Å². The zero-order valence-electron chi connectivity index (χ0n) is 20.3. The van der Waals surface area contributed by atoms with E-state index in [-0.39, 0.29) is 6.54 Å². The standard InChI is InChI=1S/C26H29N5O5/c1-35-22-10-5-7-19(15-22)26(34,20-8-6-11-23(16-20)36-2)18-31-21(17-27-29-31)9-3-4-13-30-14-12-24(32)28-25(30)33/h5-8,10-12,14-17,34H,3-4,9,13,18H2,1-2H3,(H,28,32,33). The number of aryl methyl sites for hydroxylation is 2. The monoisotopic (exact) mass is 491 g/mol. The van der Waals surface area contributed by atoms with Crippen LogP contribution < -0.4 is 20.7 Å². The Labute approximate surface area is 207 Å². The van der Waals surface area contributed by atoms with Gasteiger partial charge in [0.05, 0.1) is 32.7 Å². The molecule has 0 aliphatic heterocycles. The van der Waals surface area contributed by atoms with Crippen molar-refractivity contribution in [2.45, 2.75) is 38.0 Å². The van der Waals surface area contributed by atoms with E-state index in [2.05, 4.69) is 15.3 Å². The third-order valence-corrected chi connectivity index (χ3v) is 6.15. The second kappa shape index (κ2) is 11.0. The maximum atomic E-state index is 12.1. The fraction of sp³-hybridized carbons (Fsp3) is 0.308. The highest BCUT2D eigenvalue weighted by Crippen LogP contribution is 2.35. The average molecular weight is 492 g/mol. The molecule has 0 amide bonds. The van der Waals surface area contributed by atoms with Gasteiger partial charge in [0.25, 0.3) is 5.56 Å². The van der Waals surface area contributed by atoms with Gasteiger partial charge in [-0.15, -0.1) is 5.10 Å². The van der Waals surface area contributed by atoms with E-state index in [0.29, 0.717) is 42.0 Å². The first-order valence-electron chi connectivity index (χ1n) is 11.6. The van der Waals surface area contributed by atoms with Crippen LogP contribution in [0.2, 0.25) is 0 Å². The minimum atomic E-state index is -1.44. The molecule has 0 aliphatic rings. The third-order valence-electron chi connectivity index (χ3n) is 6.15. The number of hydrogen-bond donors (Lipinski definition) is 2. The fourth-order valence-electron chi connectivity index (χ4n) is 4.14. The van der Waals surface area contributed by atoms with Gasteiger partial charge in [0.1, 0.15) is 17.1 Å². The van der Waals surface area contributed by atoms with Gasteiger partial charge in [-0.2, -0.15) is 0 Å². The van der Waals surface area contributed by atoms with Gasteiger partial charge in [-0.1, -0.05) is 29.5 Å². The van der Waals surface area contributed by atoms with Crippen LogP contribution in [0.5, 0.6) is 11.5 Å². The van der Waals surface area contributed by atoms with Crippen molar-refractivity contribution >= 4 is 0 Å². The molecule has 0 aliphatic carbocycles. The van der Waals surface area contributed by atoms with Gasteiger partial charge >= 0.3 is 5.69 Å². The summed E-state index contributed by atoms with van der Waals surface area (Å²) in [4.78, 5) is 25.4. The number of aromatic nitrogens is 5. The molecular formula is C26H29N5O5. The SMILES string of the molecule is COc1cccc(C(O)(Cn2nncc2CCCCn2ccc(=O)[nH]c2=O)c2cccc(OC)c2)c1. The molecule has 2 aromatic carbocycles. The van der Waals surface area contributed by atoms with Crippen LogP contribution in [-0.2, 0) is 25.1 Å². The molecule has 2 aromatic heterocycles. The van der Waals surface area contributed by atoms with Crippen LogP contribution in [0.1, 0.15) is 29.7 Å². The third kappa shape index (κ3) is 5.55. The van der Waals surface area contributed by atoms with Crippen LogP contribution in [0.25, 0.3) is 0 Å². The first-order chi connectivity index (χ1) is 17.4. The molecular weight excluding hydrogens is 462 g/mol. The van der Waals surface area contributed by atoms with Gasteiger partial charge in [0.2, 0.25) is 0 Å². The van der Waals surface area contributed by atoms with Crippen molar-refractivity contribution in [2.75, 3.05) is 14.2 Å². The molecule has 4 rings (SSSR count). The van der Waals surface area contributed by atoms with Gasteiger partial charge in [0.15, 0.2) is 0 Å². The quantitative estimate of drug-likeness (QED) is 0.308. The van der Waals surface area contributed by atoms with E-state index in [9.17, 15) is 14.7 Å². The maximum Gasteiger partial charge on any atom is 0.328 e. The highest BCUT2D eigenvalue weighted by atomic mass is 16.5. The molecule has 10 heteroatoms. The van der Waals surface area contributed by atoms with Crippen molar-refractivity contribution in [2.24, 2.45) is 0 Å². The molecule has 0 bridgehead atoms. The Morgan fingerprint density at radius 3 is 2.25 bits per heavy atom. The molecule has 0 unspecified atom stereocenters. The Morgan fingerprint density at radius 2 is 1.64 bits per heavy atom. The number of H-pyrrole nitrogens is 1. The molecule has 0 saturated carbocycles.